The van der Waals surface area contributed by atoms with Gasteiger partial charge in [0.2, 0.25) is 5.91 Å². The van der Waals surface area contributed by atoms with Crippen LogP contribution in [0, 0.1) is 17.5 Å². The smallest absolute Gasteiger partial charge is 0.241 e. The standard InChI is InChI=1S/C9H6F3NO/c10-6-4-8(12)7(11)3-5(6)1-2-9(13)14/h1-4H,(H2,13,14)/b2-1-. The molecule has 0 bridgehead atoms. The Morgan fingerprint density at radius 3 is 2.29 bits per heavy atom. The van der Waals surface area contributed by atoms with E-state index >= 15 is 0 Å². The van der Waals surface area contributed by atoms with Gasteiger partial charge >= 0.3 is 0 Å². The fourth-order valence-corrected chi connectivity index (χ4v) is 0.838. The third-order valence-electron chi connectivity index (χ3n) is 1.47. The summed E-state index contributed by atoms with van der Waals surface area (Å²) in [6, 6.07) is 1.04. The minimum Gasteiger partial charge on any atom is -0.366 e. The molecule has 0 aliphatic heterocycles. The van der Waals surface area contributed by atoms with E-state index in [0.29, 0.717) is 12.1 Å². The van der Waals surface area contributed by atoms with Crippen molar-refractivity contribution < 1.29 is 18.0 Å². The van der Waals surface area contributed by atoms with E-state index in [1.165, 1.54) is 0 Å². The fraction of sp³-hybridized carbons (Fsp3) is 0. The molecule has 0 heterocycles. The molecule has 74 valence electrons. The summed E-state index contributed by atoms with van der Waals surface area (Å²) in [7, 11) is 0. The van der Waals surface area contributed by atoms with Gasteiger partial charge in [0.25, 0.3) is 0 Å². The maximum absolute atomic E-state index is 12.9. The highest BCUT2D eigenvalue weighted by Gasteiger charge is 2.07. The number of carbonyl (C=O) groups is 1. The van der Waals surface area contributed by atoms with E-state index in [1.807, 2.05) is 0 Å². The topological polar surface area (TPSA) is 43.1 Å². The lowest BCUT2D eigenvalue weighted by atomic mass is 10.2. The molecule has 0 radical (unpaired) electrons. The first-order valence-corrected chi connectivity index (χ1v) is 3.63. The van der Waals surface area contributed by atoms with Gasteiger partial charge in [-0.05, 0) is 12.1 Å². The molecule has 0 fully saturated rings. The van der Waals surface area contributed by atoms with Crippen molar-refractivity contribution in [1.82, 2.24) is 0 Å². The van der Waals surface area contributed by atoms with Crippen molar-refractivity contribution in [3.63, 3.8) is 0 Å². The van der Waals surface area contributed by atoms with Gasteiger partial charge in [-0.3, -0.25) is 4.79 Å². The zero-order valence-electron chi connectivity index (χ0n) is 6.93. The average Bonchev–Trinajstić information content (AvgIpc) is 2.09. The fourth-order valence-electron chi connectivity index (χ4n) is 0.838. The quantitative estimate of drug-likeness (QED) is 0.573. The Kier molecular flexibility index (Phi) is 2.91. The number of nitrogens with two attached hydrogens (primary N) is 1. The molecule has 0 atom stereocenters. The first-order valence-electron chi connectivity index (χ1n) is 3.63. The normalized spacial score (nSPS) is 10.8. The van der Waals surface area contributed by atoms with Crippen molar-refractivity contribution in [1.29, 1.82) is 0 Å². The van der Waals surface area contributed by atoms with Crippen LogP contribution in [0.4, 0.5) is 13.2 Å². The van der Waals surface area contributed by atoms with Gasteiger partial charge in [-0.1, -0.05) is 0 Å². The lowest BCUT2D eigenvalue weighted by molar-refractivity contribution is -0.113. The van der Waals surface area contributed by atoms with Gasteiger partial charge < -0.3 is 5.73 Å². The van der Waals surface area contributed by atoms with Crippen LogP contribution in [0.15, 0.2) is 18.2 Å². The molecule has 0 aliphatic carbocycles. The number of halogens is 3. The van der Waals surface area contributed by atoms with Crippen LogP contribution in [0.5, 0.6) is 0 Å². The predicted molar refractivity (Wildman–Crippen MR) is 44.5 cm³/mol. The lowest BCUT2D eigenvalue weighted by Crippen LogP contribution is -2.05. The summed E-state index contributed by atoms with van der Waals surface area (Å²) in [6.45, 7) is 0. The Labute approximate surface area is 77.8 Å². The van der Waals surface area contributed by atoms with Crippen LogP contribution < -0.4 is 5.73 Å². The zero-order chi connectivity index (χ0) is 10.7. The number of hydrogen-bond acceptors (Lipinski definition) is 1. The minimum atomic E-state index is -1.28. The molecule has 0 aromatic heterocycles. The van der Waals surface area contributed by atoms with Crippen molar-refractivity contribution >= 4 is 12.0 Å². The van der Waals surface area contributed by atoms with Crippen LogP contribution in [-0.2, 0) is 4.79 Å². The van der Waals surface area contributed by atoms with Gasteiger partial charge in [-0.25, -0.2) is 13.2 Å². The third-order valence-corrected chi connectivity index (χ3v) is 1.47. The molecule has 14 heavy (non-hydrogen) atoms. The second-order valence-corrected chi connectivity index (χ2v) is 2.52. The number of carbonyl (C=O) groups excluding carboxylic acids is 1. The lowest BCUT2D eigenvalue weighted by Gasteiger charge is -1.97. The van der Waals surface area contributed by atoms with E-state index in [0.717, 1.165) is 12.2 Å². The second-order valence-electron chi connectivity index (χ2n) is 2.52. The number of benzene rings is 1. The van der Waals surface area contributed by atoms with E-state index in [4.69, 9.17) is 5.73 Å². The maximum Gasteiger partial charge on any atom is 0.241 e. The van der Waals surface area contributed by atoms with Crippen molar-refractivity contribution in [2.75, 3.05) is 0 Å². The van der Waals surface area contributed by atoms with Crippen LogP contribution in [0.2, 0.25) is 0 Å². The summed E-state index contributed by atoms with van der Waals surface area (Å²) in [5.74, 6) is -4.22. The monoisotopic (exact) mass is 201 g/mol. The number of rotatable bonds is 2. The van der Waals surface area contributed by atoms with E-state index < -0.39 is 23.4 Å². The summed E-state index contributed by atoms with van der Waals surface area (Å²) in [5.41, 5.74) is 4.51. The summed E-state index contributed by atoms with van der Waals surface area (Å²) in [4.78, 5) is 10.3. The Morgan fingerprint density at radius 1 is 1.14 bits per heavy atom. The highest BCUT2D eigenvalue weighted by molar-refractivity contribution is 5.90. The third kappa shape index (κ3) is 2.35. The molecule has 1 aromatic carbocycles. The summed E-state index contributed by atoms with van der Waals surface area (Å²) >= 11 is 0. The van der Waals surface area contributed by atoms with Crippen LogP contribution in [0.25, 0.3) is 6.08 Å². The van der Waals surface area contributed by atoms with Crippen molar-refractivity contribution in [2.45, 2.75) is 0 Å². The number of primary amides is 1. The van der Waals surface area contributed by atoms with Crippen molar-refractivity contribution in [3.8, 4) is 0 Å². The van der Waals surface area contributed by atoms with Crippen LogP contribution in [0.1, 0.15) is 5.56 Å². The highest BCUT2D eigenvalue weighted by atomic mass is 19.2. The van der Waals surface area contributed by atoms with E-state index in [9.17, 15) is 18.0 Å². The SMILES string of the molecule is NC(=O)/C=C\c1cc(F)c(F)cc1F. The molecule has 1 rings (SSSR count). The minimum absolute atomic E-state index is 0.234. The summed E-state index contributed by atoms with van der Waals surface area (Å²) in [5, 5.41) is 0. The zero-order valence-corrected chi connectivity index (χ0v) is 6.93. The van der Waals surface area contributed by atoms with E-state index in [1.54, 1.807) is 0 Å². The van der Waals surface area contributed by atoms with Gasteiger partial charge in [0.05, 0.1) is 0 Å². The molecule has 0 unspecified atom stereocenters. The highest BCUT2D eigenvalue weighted by Crippen LogP contribution is 2.14. The number of hydrogen-bond donors (Lipinski definition) is 1. The molecular formula is C9H6F3NO. The first-order chi connectivity index (χ1) is 6.50. The van der Waals surface area contributed by atoms with Gasteiger partial charge in [-0.2, -0.15) is 0 Å². The van der Waals surface area contributed by atoms with E-state index in [-0.39, 0.29) is 5.56 Å². The Hall–Kier alpha value is -1.78. The largest absolute Gasteiger partial charge is 0.366 e. The Morgan fingerprint density at radius 2 is 1.71 bits per heavy atom. The second kappa shape index (κ2) is 3.95. The average molecular weight is 201 g/mol. The van der Waals surface area contributed by atoms with Crippen LogP contribution >= 0.6 is 0 Å². The maximum atomic E-state index is 12.9. The first kappa shape index (κ1) is 10.3. The Balaban J connectivity index is 3.10. The van der Waals surface area contributed by atoms with Gasteiger partial charge in [0, 0.05) is 17.7 Å². The van der Waals surface area contributed by atoms with Crippen LogP contribution in [0.3, 0.4) is 0 Å². The molecule has 0 saturated heterocycles. The van der Waals surface area contributed by atoms with Gasteiger partial charge in [0.1, 0.15) is 5.82 Å². The molecule has 1 aromatic rings. The molecule has 2 nitrogen and oxygen atoms in total. The summed E-state index contributed by atoms with van der Waals surface area (Å²) in [6.07, 6.45) is 1.83. The molecule has 0 aliphatic rings. The molecule has 5 heteroatoms. The predicted octanol–water partition coefficient (Wildman–Crippen LogP) is 1.60. The van der Waals surface area contributed by atoms with E-state index in [2.05, 4.69) is 0 Å². The van der Waals surface area contributed by atoms with Gasteiger partial charge in [-0.15, -0.1) is 0 Å². The molecule has 1 amide bonds. The molecule has 0 saturated carbocycles. The molecule has 2 N–H and O–H groups in total. The van der Waals surface area contributed by atoms with Crippen LogP contribution in [-0.4, -0.2) is 5.91 Å². The van der Waals surface area contributed by atoms with Crippen molar-refractivity contribution in [3.05, 3.63) is 41.2 Å². The van der Waals surface area contributed by atoms with Gasteiger partial charge in [0.15, 0.2) is 11.6 Å². The van der Waals surface area contributed by atoms with Crippen molar-refractivity contribution in [2.24, 2.45) is 5.73 Å². The summed E-state index contributed by atoms with van der Waals surface area (Å²) < 4.78 is 37.9. The molecule has 0 spiro atoms. The molecular weight excluding hydrogens is 195 g/mol. The Bertz CT molecular complexity index is 401. The number of amides is 1.